The van der Waals surface area contributed by atoms with Crippen molar-refractivity contribution < 1.29 is 14.3 Å². The van der Waals surface area contributed by atoms with Gasteiger partial charge < -0.3 is 10.1 Å². The Morgan fingerprint density at radius 2 is 1.83 bits per heavy atom. The number of ether oxygens (including phenoxy) is 1. The summed E-state index contributed by atoms with van der Waals surface area (Å²) in [7, 11) is 1.59. The van der Waals surface area contributed by atoms with Crippen LogP contribution in [0.2, 0.25) is 0 Å². The SMILES string of the molecule is COc1cccc(CC(=O)N[C@H](C)CC(=O)c2ccccc2)c1. The topological polar surface area (TPSA) is 55.4 Å². The Kier molecular flexibility index (Phi) is 5.92. The molecule has 1 N–H and O–H groups in total. The summed E-state index contributed by atoms with van der Waals surface area (Å²) in [4.78, 5) is 24.2. The van der Waals surface area contributed by atoms with Crippen molar-refractivity contribution in [3.05, 3.63) is 65.7 Å². The molecule has 1 atom stereocenters. The van der Waals surface area contributed by atoms with Crippen LogP contribution in [0.1, 0.15) is 29.3 Å². The van der Waals surface area contributed by atoms with E-state index in [9.17, 15) is 9.59 Å². The average molecular weight is 311 g/mol. The first kappa shape index (κ1) is 16.7. The fourth-order valence-electron chi connectivity index (χ4n) is 2.36. The van der Waals surface area contributed by atoms with E-state index in [0.717, 1.165) is 11.3 Å². The lowest BCUT2D eigenvalue weighted by Gasteiger charge is -2.13. The van der Waals surface area contributed by atoms with E-state index in [0.29, 0.717) is 5.56 Å². The molecule has 0 aliphatic rings. The third kappa shape index (κ3) is 5.25. The van der Waals surface area contributed by atoms with Gasteiger partial charge in [-0.3, -0.25) is 9.59 Å². The standard InChI is InChI=1S/C19H21NO3/c1-14(11-18(21)16-8-4-3-5-9-16)20-19(22)13-15-7-6-10-17(12-15)23-2/h3-10,12,14H,11,13H2,1-2H3,(H,20,22)/t14-/m1/s1. The van der Waals surface area contributed by atoms with Crippen molar-refractivity contribution in [2.24, 2.45) is 0 Å². The second-order valence-electron chi connectivity index (χ2n) is 5.49. The van der Waals surface area contributed by atoms with E-state index in [-0.39, 0.29) is 30.6 Å². The molecule has 0 aliphatic carbocycles. The summed E-state index contributed by atoms with van der Waals surface area (Å²) in [5, 5.41) is 2.87. The van der Waals surface area contributed by atoms with Gasteiger partial charge in [-0.1, -0.05) is 42.5 Å². The van der Waals surface area contributed by atoms with Gasteiger partial charge in [-0.25, -0.2) is 0 Å². The third-order valence-electron chi connectivity index (χ3n) is 3.49. The van der Waals surface area contributed by atoms with Crippen LogP contribution >= 0.6 is 0 Å². The van der Waals surface area contributed by atoms with Crippen molar-refractivity contribution in [2.45, 2.75) is 25.8 Å². The number of hydrogen-bond donors (Lipinski definition) is 1. The van der Waals surface area contributed by atoms with E-state index in [1.165, 1.54) is 0 Å². The minimum Gasteiger partial charge on any atom is -0.497 e. The number of ketones is 1. The molecule has 0 bridgehead atoms. The maximum Gasteiger partial charge on any atom is 0.224 e. The van der Waals surface area contributed by atoms with Gasteiger partial charge in [0, 0.05) is 18.0 Å². The zero-order valence-electron chi connectivity index (χ0n) is 13.4. The summed E-state index contributed by atoms with van der Waals surface area (Å²) >= 11 is 0. The van der Waals surface area contributed by atoms with Crippen LogP contribution in [0, 0.1) is 0 Å². The summed E-state index contributed by atoms with van der Waals surface area (Å²) in [5.74, 6) is 0.647. The molecule has 0 aromatic heterocycles. The normalized spacial score (nSPS) is 11.6. The number of methoxy groups -OCH3 is 1. The Balaban J connectivity index is 1.86. The molecule has 4 nitrogen and oxygen atoms in total. The molecule has 1 amide bonds. The molecule has 0 aliphatic heterocycles. The van der Waals surface area contributed by atoms with Crippen LogP contribution in [0.5, 0.6) is 5.75 Å². The van der Waals surface area contributed by atoms with Crippen LogP contribution in [0.15, 0.2) is 54.6 Å². The smallest absolute Gasteiger partial charge is 0.224 e. The highest BCUT2D eigenvalue weighted by Gasteiger charge is 2.13. The average Bonchev–Trinajstić information content (AvgIpc) is 2.55. The Labute approximate surface area is 136 Å². The van der Waals surface area contributed by atoms with Crippen molar-refractivity contribution in [2.75, 3.05) is 7.11 Å². The van der Waals surface area contributed by atoms with Gasteiger partial charge in [-0.15, -0.1) is 0 Å². The number of carbonyl (C=O) groups excluding carboxylic acids is 2. The predicted molar refractivity (Wildman–Crippen MR) is 89.7 cm³/mol. The first-order valence-corrected chi connectivity index (χ1v) is 7.59. The number of carbonyl (C=O) groups is 2. The molecule has 2 aromatic carbocycles. The second-order valence-corrected chi connectivity index (χ2v) is 5.49. The Morgan fingerprint density at radius 3 is 2.52 bits per heavy atom. The predicted octanol–water partition coefficient (Wildman–Crippen LogP) is 3.02. The zero-order valence-corrected chi connectivity index (χ0v) is 13.4. The quantitative estimate of drug-likeness (QED) is 0.800. The minimum absolute atomic E-state index is 0.0276. The largest absolute Gasteiger partial charge is 0.497 e. The fourth-order valence-corrected chi connectivity index (χ4v) is 2.36. The lowest BCUT2D eigenvalue weighted by molar-refractivity contribution is -0.121. The fraction of sp³-hybridized carbons (Fsp3) is 0.263. The highest BCUT2D eigenvalue weighted by molar-refractivity contribution is 5.96. The van der Waals surface area contributed by atoms with E-state index >= 15 is 0 Å². The molecule has 120 valence electrons. The summed E-state index contributed by atoms with van der Waals surface area (Å²) in [6.45, 7) is 1.84. The van der Waals surface area contributed by atoms with Crippen molar-refractivity contribution in [1.29, 1.82) is 0 Å². The third-order valence-corrected chi connectivity index (χ3v) is 3.49. The van der Waals surface area contributed by atoms with Gasteiger partial charge in [0.2, 0.25) is 5.91 Å². The molecular weight excluding hydrogens is 290 g/mol. The van der Waals surface area contributed by atoms with E-state index < -0.39 is 0 Å². The van der Waals surface area contributed by atoms with Crippen LogP contribution in [-0.4, -0.2) is 24.8 Å². The van der Waals surface area contributed by atoms with Gasteiger partial charge in [0.1, 0.15) is 5.75 Å². The molecule has 23 heavy (non-hydrogen) atoms. The Bertz CT molecular complexity index is 667. The number of rotatable bonds is 7. The molecule has 0 radical (unpaired) electrons. The highest BCUT2D eigenvalue weighted by Crippen LogP contribution is 2.13. The molecule has 0 saturated heterocycles. The maximum atomic E-state index is 12.1. The Morgan fingerprint density at radius 1 is 1.09 bits per heavy atom. The van der Waals surface area contributed by atoms with Crippen molar-refractivity contribution in [3.63, 3.8) is 0 Å². The van der Waals surface area contributed by atoms with Gasteiger partial charge in [-0.2, -0.15) is 0 Å². The van der Waals surface area contributed by atoms with E-state index in [2.05, 4.69) is 5.32 Å². The van der Waals surface area contributed by atoms with E-state index in [1.807, 2.05) is 49.4 Å². The maximum absolute atomic E-state index is 12.1. The molecule has 0 saturated carbocycles. The number of hydrogen-bond acceptors (Lipinski definition) is 3. The van der Waals surface area contributed by atoms with Crippen LogP contribution in [0.4, 0.5) is 0 Å². The van der Waals surface area contributed by atoms with Gasteiger partial charge in [0.05, 0.1) is 13.5 Å². The van der Waals surface area contributed by atoms with Crippen LogP contribution in [-0.2, 0) is 11.2 Å². The number of benzene rings is 2. The Hall–Kier alpha value is -2.62. The molecule has 0 fully saturated rings. The van der Waals surface area contributed by atoms with Crippen LogP contribution in [0.3, 0.4) is 0 Å². The lowest BCUT2D eigenvalue weighted by Crippen LogP contribution is -2.35. The number of nitrogens with one attached hydrogen (secondary N) is 1. The van der Waals surface area contributed by atoms with E-state index in [4.69, 9.17) is 4.74 Å². The van der Waals surface area contributed by atoms with Crippen LogP contribution < -0.4 is 10.1 Å². The van der Waals surface area contributed by atoms with Gasteiger partial charge >= 0.3 is 0 Å². The zero-order chi connectivity index (χ0) is 16.7. The molecule has 0 spiro atoms. The monoisotopic (exact) mass is 311 g/mol. The summed E-state index contributed by atoms with van der Waals surface area (Å²) in [6, 6.07) is 16.3. The van der Waals surface area contributed by atoms with E-state index in [1.54, 1.807) is 19.2 Å². The molecule has 0 heterocycles. The molecule has 2 rings (SSSR count). The lowest BCUT2D eigenvalue weighted by atomic mass is 10.0. The van der Waals surface area contributed by atoms with Crippen molar-refractivity contribution in [1.82, 2.24) is 5.32 Å². The first-order valence-electron chi connectivity index (χ1n) is 7.59. The molecule has 4 heteroatoms. The minimum atomic E-state index is -0.208. The summed E-state index contributed by atoms with van der Waals surface area (Å²) in [6.07, 6.45) is 0.551. The number of Topliss-reactive ketones (excluding diaryl/α,β-unsaturated/α-hetero) is 1. The van der Waals surface area contributed by atoms with Crippen molar-refractivity contribution >= 4 is 11.7 Å². The summed E-state index contributed by atoms with van der Waals surface area (Å²) in [5.41, 5.74) is 1.55. The summed E-state index contributed by atoms with van der Waals surface area (Å²) < 4.78 is 5.14. The van der Waals surface area contributed by atoms with Gasteiger partial charge in [0.15, 0.2) is 5.78 Å². The van der Waals surface area contributed by atoms with Crippen molar-refractivity contribution in [3.8, 4) is 5.75 Å². The number of amides is 1. The van der Waals surface area contributed by atoms with Gasteiger partial charge in [0.25, 0.3) is 0 Å². The first-order chi connectivity index (χ1) is 11.1. The van der Waals surface area contributed by atoms with Crippen LogP contribution in [0.25, 0.3) is 0 Å². The molecule has 0 unspecified atom stereocenters. The molecular formula is C19H21NO3. The van der Waals surface area contributed by atoms with Gasteiger partial charge in [-0.05, 0) is 24.6 Å². The molecule has 2 aromatic rings. The second kappa shape index (κ2) is 8.13. The highest BCUT2D eigenvalue weighted by atomic mass is 16.5.